The van der Waals surface area contributed by atoms with Gasteiger partial charge in [-0.3, -0.25) is 4.98 Å². The summed E-state index contributed by atoms with van der Waals surface area (Å²) >= 11 is 0. The van der Waals surface area contributed by atoms with E-state index < -0.39 is 0 Å². The molecule has 2 aliphatic carbocycles. The Labute approximate surface area is 108 Å². The molecule has 4 heteroatoms. The average molecular weight is 244 g/mol. The minimum absolute atomic E-state index is 0.646. The third kappa shape index (κ3) is 2.88. The predicted octanol–water partition coefficient (Wildman–Crippen LogP) is 1.88. The van der Waals surface area contributed by atoms with Crippen molar-refractivity contribution in [2.45, 2.75) is 44.3 Å². The Hall–Kier alpha value is -1.42. The van der Waals surface area contributed by atoms with Gasteiger partial charge in [0.05, 0.1) is 18.1 Å². The molecule has 0 atom stereocenters. The first kappa shape index (κ1) is 11.7. The minimum Gasteiger partial charge on any atom is -0.349 e. The highest BCUT2D eigenvalue weighted by Gasteiger charge is 2.29. The van der Waals surface area contributed by atoms with E-state index >= 15 is 0 Å². The molecule has 0 bridgehead atoms. The third-order valence-electron chi connectivity index (χ3n) is 3.45. The summed E-state index contributed by atoms with van der Waals surface area (Å²) in [6, 6.07) is 1.36. The van der Waals surface area contributed by atoms with Crippen molar-refractivity contribution in [1.82, 2.24) is 15.3 Å². The number of hydrogen-bond acceptors (Lipinski definition) is 4. The van der Waals surface area contributed by atoms with E-state index in [0.717, 1.165) is 30.6 Å². The van der Waals surface area contributed by atoms with E-state index in [2.05, 4.69) is 26.8 Å². The van der Waals surface area contributed by atoms with Gasteiger partial charge in [-0.25, -0.2) is 4.98 Å². The number of nitrogens with one attached hydrogen (secondary N) is 1. The van der Waals surface area contributed by atoms with Gasteiger partial charge in [0, 0.05) is 25.2 Å². The fraction of sp³-hybridized carbons (Fsp3) is 0.571. The molecule has 1 heterocycles. The summed E-state index contributed by atoms with van der Waals surface area (Å²) in [5, 5.41) is 3.45. The summed E-state index contributed by atoms with van der Waals surface area (Å²) < 4.78 is 0. The van der Waals surface area contributed by atoms with Gasteiger partial charge in [0.2, 0.25) is 0 Å². The van der Waals surface area contributed by atoms with Crippen molar-refractivity contribution in [3.8, 4) is 0 Å². The maximum atomic E-state index is 4.53. The second-order valence-electron chi connectivity index (χ2n) is 5.19. The molecular formula is C14H20N4. The largest absolute Gasteiger partial charge is 0.349 e. The van der Waals surface area contributed by atoms with Crippen molar-refractivity contribution in [2.24, 2.45) is 0 Å². The van der Waals surface area contributed by atoms with Crippen LogP contribution in [0.25, 0.3) is 0 Å². The van der Waals surface area contributed by atoms with Gasteiger partial charge >= 0.3 is 0 Å². The van der Waals surface area contributed by atoms with Crippen LogP contribution in [0.15, 0.2) is 25.0 Å². The second-order valence-corrected chi connectivity index (χ2v) is 5.19. The molecule has 0 amide bonds. The molecule has 0 unspecified atom stereocenters. The van der Waals surface area contributed by atoms with Gasteiger partial charge in [0.25, 0.3) is 0 Å². The summed E-state index contributed by atoms with van der Waals surface area (Å²) in [4.78, 5) is 11.3. The van der Waals surface area contributed by atoms with E-state index in [1.807, 2.05) is 18.5 Å². The molecule has 4 nitrogen and oxygen atoms in total. The van der Waals surface area contributed by atoms with Crippen LogP contribution in [0.3, 0.4) is 0 Å². The lowest BCUT2D eigenvalue weighted by molar-refractivity contribution is 0.670. The lowest BCUT2D eigenvalue weighted by Gasteiger charge is -2.21. The van der Waals surface area contributed by atoms with Gasteiger partial charge in [-0.05, 0) is 25.7 Å². The van der Waals surface area contributed by atoms with Crippen molar-refractivity contribution in [2.75, 3.05) is 11.4 Å². The fourth-order valence-corrected chi connectivity index (χ4v) is 2.08. The SMILES string of the molecule is C=CCN(c1cnc(CNC2CC2)cn1)C1CC1. The van der Waals surface area contributed by atoms with Crippen molar-refractivity contribution >= 4 is 5.82 Å². The summed E-state index contributed by atoms with van der Waals surface area (Å²) in [7, 11) is 0. The van der Waals surface area contributed by atoms with Crippen LogP contribution in [0, 0.1) is 0 Å². The molecule has 0 saturated heterocycles. The zero-order valence-corrected chi connectivity index (χ0v) is 10.7. The molecule has 0 aliphatic heterocycles. The summed E-state index contributed by atoms with van der Waals surface area (Å²) in [6.45, 7) is 5.51. The fourth-order valence-electron chi connectivity index (χ4n) is 2.08. The topological polar surface area (TPSA) is 41.1 Å². The van der Waals surface area contributed by atoms with Gasteiger partial charge in [-0.2, -0.15) is 0 Å². The molecule has 3 rings (SSSR count). The Balaban J connectivity index is 1.62. The quantitative estimate of drug-likeness (QED) is 0.744. The molecule has 0 radical (unpaired) electrons. The average Bonchev–Trinajstić information content (AvgIpc) is 3.28. The highest BCUT2D eigenvalue weighted by atomic mass is 15.2. The van der Waals surface area contributed by atoms with E-state index in [-0.39, 0.29) is 0 Å². The first-order valence-electron chi connectivity index (χ1n) is 6.78. The predicted molar refractivity (Wildman–Crippen MR) is 72.5 cm³/mol. The van der Waals surface area contributed by atoms with Crippen LogP contribution in [-0.2, 0) is 6.54 Å². The van der Waals surface area contributed by atoms with E-state index in [4.69, 9.17) is 0 Å². The number of nitrogens with zero attached hydrogens (tertiary/aromatic N) is 3. The zero-order chi connectivity index (χ0) is 12.4. The maximum absolute atomic E-state index is 4.53. The summed E-state index contributed by atoms with van der Waals surface area (Å²) in [5.41, 5.74) is 1.03. The van der Waals surface area contributed by atoms with Crippen LogP contribution < -0.4 is 10.2 Å². The molecule has 18 heavy (non-hydrogen) atoms. The number of rotatable bonds is 7. The van der Waals surface area contributed by atoms with Crippen LogP contribution in [-0.4, -0.2) is 28.6 Å². The van der Waals surface area contributed by atoms with Gasteiger partial charge in [-0.1, -0.05) is 6.08 Å². The standard InChI is InChI=1S/C14H20N4/c1-2-7-18(13-5-6-13)14-10-16-12(9-17-14)8-15-11-3-4-11/h2,9-11,13,15H,1,3-8H2. The number of aromatic nitrogens is 2. The number of hydrogen-bond donors (Lipinski definition) is 1. The van der Waals surface area contributed by atoms with Crippen LogP contribution in [0.1, 0.15) is 31.4 Å². The minimum atomic E-state index is 0.646. The van der Waals surface area contributed by atoms with E-state index in [9.17, 15) is 0 Å². The smallest absolute Gasteiger partial charge is 0.147 e. The molecular weight excluding hydrogens is 224 g/mol. The van der Waals surface area contributed by atoms with Crippen LogP contribution in [0.5, 0.6) is 0 Å². The van der Waals surface area contributed by atoms with Gasteiger partial charge in [-0.15, -0.1) is 6.58 Å². The van der Waals surface area contributed by atoms with Crippen molar-refractivity contribution < 1.29 is 0 Å². The van der Waals surface area contributed by atoms with E-state index in [1.54, 1.807) is 0 Å². The molecule has 2 saturated carbocycles. The summed E-state index contributed by atoms with van der Waals surface area (Å²) in [6.07, 6.45) is 10.9. The van der Waals surface area contributed by atoms with E-state index in [0.29, 0.717) is 6.04 Å². The Kier molecular flexibility index (Phi) is 3.28. The van der Waals surface area contributed by atoms with Gasteiger partial charge < -0.3 is 10.2 Å². The Morgan fingerprint density at radius 2 is 2.11 bits per heavy atom. The molecule has 0 aromatic carbocycles. The monoisotopic (exact) mass is 244 g/mol. The Bertz CT molecular complexity index is 406. The van der Waals surface area contributed by atoms with Crippen molar-refractivity contribution in [1.29, 1.82) is 0 Å². The highest BCUT2D eigenvalue weighted by molar-refractivity contribution is 5.40. The highest BCUT2D eigenvalue weighted by Crippen LogP contribution is 2.30. The lowest BCUT2D eigenvalue weighted by Crippen LogP contribution is -2.27. The molecule has 2 aliphatic rings. The first-order valence-corrected chi connectivity index (χ1v) is 6.78. The van der Waals surface area contributed by atoms with Crippen LogP contribution in [0.4, 0.5) is 5.82 Å². The first-order chi connectivity index (χ1) is 8.86. The third-order valence-corrected chi connectivity index (χ3v) is 3.45. The molecule has 96 valence electrons. The van der Waals surface area contributed by atoms with E-state index in [1.165, 1.54) is 25.7 Å². The van der Waals surface area contributed by atoms with Gasteiger partial charge in [0.15, 0.2) is 0 Å². The lowest BCUT2D eigenvalue weighted by atomic mass is 10.4. The van der Waals surface area contributed by atoms with Crippen LogP contribution in [0.2, 0.25) is 0 Å². The normalized spacial score (nSPS) is 18.7. The molecule has 0 spiro atoms. The molecule has 1 aromatic rings. The van der Waals surface area contributed by atoms with Crippen molar-refractivity contribution in [3.05, 3.63) is 30.7 Å². The summed E-state index contributed by atoms with van der Waals surface area (Å²) in [5.74, 6) is 0.979. The number of anilines is 1. The molecule has 1 aromatic heterocycles. The maximum Gasteiger partial charge on any atom is 0.147 e. The van der Waals surface area contributed by atoms with Crippen molar-refractivity contribution in [3.63, 3.8) is 0 Å². The molecule has 1 N–H and O–H groups in total. The van der Waals surface area contributed by atoms with Gasteiger partial charge in [0.1, 0.15) is 5.82 Å². The second kappa shape index (κ2) is 5.06. The van der Waals surface area contributed by atoms with Crippen LogP contribution >= 0.6 is 0 Å². The zero-order valence-electron chi connectivity index (χ0n) is 10.7. The Morgan fingerprint density at radius 1 is 1.28 bits per heavy atom. The Morgan fingerprint density at radius 3 is 2.67 bits per heavy atom. The molecule has 2 fully saturated rings.